The minimum absolute atomic E-state index is 0.103. The van der Waals surface area contributed by atoms with Gasteiger partial charge in [-0.3, -0.25) is 9.59 Å². The number of carbonyl (C=O) groups excluding carboxylic acids is 2. The molecule has 6 heteroatoms. The van der Waals surface area contributed by atoms with Crippen molar-refractivity contribution < 1.29 is 14.0 Å². The van der Waals surface area contributed by atoms with Crippen LogP contribution in [0.1, 0.15) is 61.9 Å². The predicted molar refractivity (Wildman–Crippen MR) is 126 cm³/mol. The first-order valence-electron chi connectivity index (χ1n) is 11.4. The summed E-state index contributed by atoms with van der Waals surface area (Å²) in [6.07, 6.45) is 5.38. The number of halogens is 1. The van der Waals surface area contributed by atoms with E-state index in [1.165, 1.54) is 30.7 Å². The molecule has 1 fully saturated rings. The molecule has 0 aromatic heterocycles. The van der Waals surface area contributed by atoms with E-state index >= 15 is 0 Å². The second kappa shape index (κ2) is 10.7. The maximum Gasteiger partial charge on any atom is 0.255 e. The van der Waals surface area contributed by atoms with Crippen molar-refractivity contribution >= 4 is 17.5 Å². The summed E-state index contributed by atoms with van der Waals surface area (Å²) in [4.78, 5) is 27.6. The zero-order valence-electron chi connectivity index (χ0n) is 19.1. The Morgan fingerprint density at radius 2 is 1.66 bits per heavy atom. The lowest BCUT2D eigenvalue weighted by Gasteiger charge is -2.35. The highest BCUT2D eigenvalue weighted by Gasteiger charge is 2.29. The number of nitrogens with zero attached hydrogens (tertiary/aromatic N) is 1. The fourth-order valence-electron chi connectivity index (χ4n) is 4.12. The lowest BCUT2D eigenvalue weighted by atomic mass is 9.87. The number of hydrogen-bond donors (Lipinski definition) is 2. The Labute approximate surface area is 190 Å². The molecule has 172 valence electrons. The lowest BCUT2D eigenvalue weighted by molar-refractivity contribution is -0.138. The zero-order valence-corrected chi connectivity index (χ0v) is 19.1. The molecule has 0 saturated heterocycles. The molecule has 2 aromatic rings. The molecular weight excluding hydrogens is 405 g/mol. The highest BCUT2D eigenvalue weighted by molar-refractivity contribution is 6.04. The van der Waals surface area contributed by atoms with Crippen LogP contribution in [0.25, 0.3) is 0 Å². The highest BCUT2D eigenvalue weighted by Crippen LogP contribution is 2.28. The summed E-state index contributed by atoms with van der Waals surface area (Å²) < 4.78 is 13.1. The van der Waals surface area contributed by atoms with Gasteiger partial charge in [-0.2, -0.15) is 0 Å². The third-order valence-corrected chi connectivity index (χ3v) is 6.13. The van der Waals surface area contributed by atoms with Crippen LogP contribution >= 0.6 is 0 Å². The summed E-state index contributed by atoms with van der Waals surface area (Å²) in [5.74, 6) is -0.348. The molecule has 0 radical (unpaired) electrons. The highest BCUT2D eigenvalue weighted by atomic mass is 19.1. The Morgan fingerprint density at radius 3 is 2.25 bits per heavy atom. The average molecular weight is 440 g/mol. The molecule has 1 aliphatic carbocycles. The molecule has 0 aliphatic heterocycles. The number of benzene rings is 2. The topological polar surface area (TPSA) is 75.4 Å². The van der Waals surface area contributed by atoms with Gasteiger partial charge in [0.05, 0.1) is 0 Å². The summed E-state index contributed by atoms with van der Waals surface area (Å²) >= 11 is 0. The predicted octanol–water partition coefficient (Wildman–Crippen LogP) is 4.97. The number of nitrogens with one attached hydrogen (secondary N) is 1. The molecule has 3 rings (SSSR count). The van der Waals surface area contributed by atoms with Crippen molar-refractivity contribution in [3.05, 3.63) is 65.5 Å². The third-order valence-electron chi connectivity index (χ3n) is 6.13. The van der Waals surface area contributed by atoms with E-state index in [0.717, 1.165) is 31.2 Å². The zero-order chi connectivity index (χ0) is 23.1. The van der Waals surface area contributed by atoms with Crippen LogP contribution in [-0.2, 0) is 11.3 Å². The van der Waals surface area contributed by atoms with Gasteiger partial charge in [-0.05, 0) is 66.8 Å². The van der Waals surface area contributed by atoms with E-state index in [1.54, 1.807) is 0 Å². The van der Waals surface area contributed by atoms with Crippen LogP contribution < -0.4 is 11.1 Å². The number of nitrogens with two attached hydrogens (primary N) is 1. The number of carbonyl (C=O) groups is 2. The first-order valence-corrected chi connectivity index (χ1v) is 11.4. The summed E-state index contributed by atoms with van der Waals surface area (Å²) in [5.41, 5.74) is 7.83. The molecular formula is C26H34FN3O2. The molecule has 32 heavy (non-hydrogen) atoms. The third kappa shape index (κ3) is 6.63. The fourth-order valence-corrected chi connectivity index (χ4v) is 4.12. The number of amides is 2. The minimum atomic E-state index is -0.379. The summed E-state index contributed by atoms with van der Waals surface area (Å²) in [7, 11) is 0. The van der Waals surface area contributed by atoms with Crippen LogP contribution in [0.15, 0.2) is 48.5 Å². The van der Waals surface area contributed by atoms with Gasteiger partial charge in [0.1, 0.15) is 5.82 Å². The molecule has 2 amide bonds. The van der Waals surface area contributed by atoms with Crippen LogP contribution in [0.5, 0.6) is 0 Å². The van der Waals surface area contributed by atoms with Crippen LogP contribution in [0.4, 0.5) is 10.1 Å². The maximum atomic E-state index is 13.3. The van der Waals surface area contributed by atoms with Gasteiger partial charge in [0, 0.05) is 30.3 Å². The van der Waals surface area contributed by atoms with Crippen LogP contribution in [0.2, 0.25) is 0 Å². The van der Waals surface area contributed by atoms with Crippen molar-refractivity contribution in [1.82, 2.24) is 4.90 Å². The Kier molecular flexibility index (Phi) is 8.02. The van der Waals surface area contributed by atoms with Crippen LogP contribution in [0, 0.1) is 17.2 Å². The second-order valence-corrected chi connectivity index (χ2v) is 9.56. The van der Waals surface area contributed by atoms with E-state index in [-0.39, 0.29) is 29.0 Å². The summed E-state index contributed by atoms with van der Waals surface area (Å²) in [5, 5.41) is 2.82. The first-order chi connectivity index (χ1) is 15.3. The second-order valence-electron chi connectivity index (χ2n) is 9.56. The normalized spacial score (nSPS) is 14.8. The van der Waals surface area contributed by atoms with Gasteiger partial charge >= 0.3 is 0 Å². The first kappa shape index (κ1) is 23.9. The Balaban J connectivity index is 1.68. The van der Waals surface area contributed by atoms with E-state index in [1.807, 2.05) is 29.2 Å². The standard InChI is InChI=1S/C26H34FN3O2/c1-26(2,17-28)18-30(25(32)21-6-4-3-5-7-21)16-19-8-14-23(15-9-19)29-24(31)20-10-12-22(27)13-11-20/h8-15,21H,3-7,16-18,28H2,1-2H3,(H,29,31). The van der Waals surface area contributed by atoms with Crippen molar-refractivity contribution in [1.29, 1.82) is 0 Å². The van der Waals surface area contributed by atoms with Crippen LogP contribution in [-0.4, -0.2) is 29.8 Å². The van der Waals surface area contributed by atoms with E-state index < -0.39 is 0 Å². The molecule has 0 atom stereocenters. The Morgan fingerprint density at radius 1 is 1.03 bits per heavy atom. The lowest BCUT2D eigenvalue weighted by Crippen LogP contribution is -2.44. The number of rotatable bonds is 8. The van der Waals surface area contributed by atoms with Crippen molar-refractivity contribution in [3.8, 4) is 0 Å². The van der Waals surface area contributed by atoms with Crippen molar-refractivity contribution in [2.24, 2.45) is 17.1 Å². The minimum Gasteiger partial charge on any atom is -0.338 e. The maximum absolute atomic E-state index is 13.3. The summed E-state index contributed by atoms with van der Waals surface area (Å²) in [6, 6.07) is 12.9. The van der Waals surface area contributed by atoms with Gasteiger partial charge in [0.15, 0.2) is 0 Å². The van der Waals surface area contributed by atoms with Gasteiger partial charge in [-0.25, -0.2) is 4.39 Å². The molecule has 1 saturated carbocycles. The van der Waals surface area contributed by atoms with E-state index in [9.17, 15) is 14.0 Å². The van der Waals surface area contributed by atoms with Crippen molar-refractivity contribution in [2.75, 3.05) is 18.4 Å². The molecule has 0 bridgehead atoms. The summed E-state index contributed by atoms with van der Waals surface area (Å²) in [6.45, 7) is 5.81. The van der Waals surface area contributed by atoms with Crippen molar-refractivity contribution in [2.45, 2.75) is 52.5 Å². The fraction of sp³-hybridized carbons (Fsp3) is 0.462. The van der Waals surface area contributed by atoms with Gasteiger partial charge in [-0.1, -0.05) is 45.2 Å². The number of hydrogen-bond acceptors (Lipinski definition) is 3. The molecule has 5 nitrogen and oxygen atoms in total. The molecule has 0 heterocycles. The Hall–Kier alpha value is -2.73. The largest absolute Gasteiger partial charge is 0.338 e. The van der Waals surface area contributed by atoms with E-state index in [0.29, 0.717) is 30.9 Å². The van der Waals surface area contributed by atoms with E-state index in [2.05, 4.69) is 19.2 Å². The molecule has 3 N–H and O–H groups in total. The SMILES string of the molecule is CC(C)(CN)CN(Cc1ccc(NC(=O)c2ccc(F)cc2)cc1)C(=O)C1CCCCC1. The monoisotopic (exact) mass is 439 g/mol. The van der Waals surface area contributed by atoms with Gasteiger partial charge in [-0.15, -0.1) is 0 Å². The van der Waals surface area contributed by atoms with Crippen molar-refractivity contribution in [3.63, 3.8) is 0 Å². The van der Waals surface area contributed by atoms with Crippen LogP contribution in [0.3, 0.4) is 0 Å². The molecule has 1 aliphatic rings. The quantitative estimate of drug-likeness (QED) is 0.610. The molecule has 0 spiro atoms. The van der Waals surface area contributed by atoms with E-state index in [4.69, 9.17) is 5.73 Å². The van der Waals surface area contributed by atoms with Gasteiger partial charge in [0.25, 0.3) is 5.91 Å². The Bertz CT molecular complexity index is 904. The van der Waals surface area contributed by atoms with Gasteiger partial charge < -0.3 is 16.0 Å². The van der Waals surface area contributed by atoms with Gasteiger partial charge in [0.2, 0.25) is 5.91 Å². The smallest absolute Gasteiger partial charge is 0.255 e. The number of anilines is 1. The average Bonchev–Trinajstić information content (AvgIpc) is 2.80. The molecule has 0 unspecified atom stereocenters. The molecule has 2 aromatic carbocycles.